The van der Waals surface area contributed by atoms with Crippen LogP contribution in [-0.4, -0.2) is 57.1 Å². The first-order valence-corrected chi connectivity index (χ1v) is 19.0. The normalized spacial score (nSPS) is 10.5. The van der Waals surface area contributed by atoms with Gasteiger partial charge in [-0.05, 0) is 123 Å². The van der Waals surface area contributed by atoms with Crippen molar-refractivity contribution in [2.24, 2.45) is 0 Å². The first kappa shape index (κ1) is 40.0. The SMILES string of the molecule is CCOC(=O)c1ccc(NC(=S)SCC(=O)Nc2ccc(-c3ccc(NC(=O)CSC(=S)Nc4ccc(C(=O)OCC)cc4)c(C)c3)cc2C)cc1. The first-order valence-electron chi connectivity index (χ1n) is 16.2. The van der Waals surface area contributed by atoms with Crippen molar-refractivity contribution >= 4 is 103 Å². The van der Waals surface area contributed by atoms with Crippen LogP contribution in [0.1, 0.15) is 45.7 Å². The zero-order valence-corrected chi connectivity index (χ0v) is 32.3. The van der Waals surface area contributed by atoms with Gasteiger partial charge in [0.1, 0.15) is 8.64 Å². The van der Waals surface area contributed by atoms with Crippen LogP contribution in [0.25, 0.3) is 11.1 Å². The number of anilines is 4. The van der Waals surface area contributed by atoms with Crippen LogP contribution in [0.2, 0.25) is 0 Å². The summed E-state index contributed by atoms with van der Waals surface area (Å²) >= 11 is 13.2. The molecule has 4 rings (SSSR count). The highest BCUT2D eigenvalue weighted by Crippen LogP contribution is 2.29. The summed E-state index contributed by atoms with van der Waals surface area (Å²) in [5, 5.41) is 12.0. The molecule has 0 saturated carbocycles. The molecule has 4 aromatic rings. The van der Waals surface area contributed by atoms with Gasteiger partial charge in [-0.1, -0.05) is 60.1 Å². The van der Waals surface area contributed by atoms with Crippen molar-refractivity contribution in [1.82, 2.24) is 0 Å². The van der Waals surface area contributed by atoms with Gasteiger partial charge in [-0.25, -0.2) is 9.59 Å². The number of hydrogen-bond donors (Lipinski definition) is 4. The second-order valence-electron chi connectivity index (χ2n) is 11.2. The van der Waals surface area contributed by atoms with Crippen molar-refractivity contribution in [2.75, 3.05) is 46.0 Å². The molecule has 0 aliphatic carbocycles. The number of nitrogens with one attached hydrogen (secondary N) is 4. The van der Waals surface area contributed by atoms with E-state index in [1.165, 1.54) is 23.5 Å². The van der Waals surface area contributed by atoms with Crippen LogP contribution in [-0.2, 0) is 19.1 Å². The maximum Gasteiger partial charge on any atom is 0.338 e. The molecule has 0 heterocycles. The summed E-state index contributed by atoms with van der Waals surface area (Å²) in [7, 11) is 0. The number of carbonyl (C=O) groups is 4. The van der Waals surface area contributed by atoms with E-state index in [0.717, 1.165) is 22.3 Å². The topological polar surface area (TPSA) is 135 Å². The monoisotopic (exact) mass is 774 g/mol. The average molecular weight is 775 g/mol. The Bertz CT molecular complexity index is 1810. The lowest BCUT2D eigenvalue weighted by Crippen LogP contribution is -2.17. The van der Waals surface area contributed by atoms with E-state index in [1.807, 2.05) is 50.2 Å². The van der Waals surface area contributed by atoms with Gasteiger partial charge < -0.3 is 30.7 Å². The van der Waals surface area contributed by atoms with Crippen LogP contribution in [0, 0.1) is 13.8 Å². The number of esters is 2. The quantitative estimate of drug-likeness (QED) is 0.0767. The maximum atomic E-state index is 12.7. The van der Waals surface area contributed by atoms with Gasteiger partial charge in [-0.2, -0.15) is 0 Å². The van der Waals surface area contributed by atoms with Crippen molar-refractivity contribution < 1.29 is 28.7 Å². The molecular weight excluding hydrogens is 737 g/mol. The molecule has 0 aliphatic rings. The molecule has 2 amide bonds. The van der Waals surface area contributed by atoms with Crippen molar-refractivity contribution in [3.8, 4) is 11.1 Å². The molecule has 0 bridgehead atoms. The zero-order chi connectivity index (χ0) is 37.6. The third kappa shape index (κ3) is 12.2. The summed E-state index contributed by atoms with van der Waals surface area (Å²) in [6.45, 7) is 7.97. The van der Waals surface area contributed by atoms with Gasteiger partial charge in [-0.15, -0.1) is 0 Å². The minimum Gasteiger partial charge on any atom is -0.462 e. The van der Waals surface area contributed by atoms with Crippen LogP contribution >= 0.6 is 48.0 Å². The fraction of sp³-hybridized carbons (Fsp3) is 0.211. The van der Waals surface area contributed by atoms with Crippen molar-refractivity contribution in [3.63, 3.8) is 0 Å². The van der Waals surface area contributed by atoms with Gasteiger partial charge in [0.15, 0.2) is 0 Å². The van der Waals surface area contributed by atoms with Gasteiger partial charge in [0.05, 0.1) is 35.8 Å². The smallest absolute Gasteiger partial charge is 0.338 e. The molecule has 270 valence electrons. The number of benzene rings is 4. The summed E-state index contributed by atoms with van der Waals surface area (Å²) < 4.78 is 10.8. The average Bonchev–Trinajstić information content (AvgIpc) is 3.12. The molecule has 0 atom stereocenters. The number of hydrogen-bond acceptors (Lipinski definition) is 10. The fourth-order valence-electron chi connectivity index (χ4n) is 4.72. The predicted molar refractivity (Wildman–Crippen MR) is 221 cm³/mol. The van der Waals surface area contributed by atoms with E-state index < -0.39 is 0 Å². The third-order valence-corrected chi connectivity index (χ3v) is 9.74. The number of ether oxygens (including phenoxy) is 2. The molecule has 0 radical (unpaired) electrons. The molecule has 10 nitrogen and oxygen atoms in total. The van der Waals surface area contributed by atoms with Crippen LogP contribution in [0.5, 0.6) is 0 Å². The fourth-order valence-corrected chi connectivity index (χ4v) is 6.36. The van der Waals surface area contributed by atoms with Crippen LogP contribution < -0.4 is 21.3 Å². The van der Waals surface area contributed by atoms with Gasteiger partial charge in [0.2, 0.25) is 11.8 Å². The van der Waals surface area contributed by atoms with Gasteiger partial charge in [0, 0.05) is 22.7 Å². The van der Waals surface area contributed by atoms with E-state index in [2.05, 4.69) is 21.3 Å². The Labute approximate surface area is 322 Å². The second-order valence-corrected chi connectivity index (χ2v) is 14.5. The van der Waals surface area contributed by atoms with Gasteiger partial charge in [-0.3, -0.25) is 9.59 Å². The molecule has 0 spiro atoms. The molecular formula is C38H38N4O6S4. The minimum absolute atomic E-state index is 0.119. The Hall–Kier alpha value is -4.76. The van der Waals surface area contributed by atoms with E-state index >= 15 is 0 Å². The molecule has 0 unspecified atom stereocenters. The Morgan fingerprint density at radius 3 is 1.25 bits per heavy atom. The van der Waals surface area contributed by atoms with Crippen molar-refractivity contribution in [2.45, 2.75) is 27.7 Å². The summed E-state index contributed by atoms with van der Waals surface area (Å²) in [6, 6.07) is 25.1. The Balaban J connectivity index is 1.23. The van der Waals surface area contributed by atoms with Crippen LogP contribution in [0.15, 0.2) is 84.9 Å². The number of thioether (sulfide) groups is 2. The summed E-state index contributed by atoms with van der Waals surface area (Å²) in [6.07, 6.45) is 0. The Kier molecular flexibility index (Phi) is 15.2. The lowest BCUT2D eigenvalue weighted by molar-refractivity contribution is -0.114. The van der Waals surface area contributed by atoms with Crippen molar-refractivity contribution in [3.05, 3.63) is 107 Å². The predicted octanol–water partition coefficient (Wildman–Crippen LogP) is 8.46. The molecule has 0 fully saturated rings. The highest BCUT2D eigenvalue weighted by atomic mass is 32.2. The third-order valence-electron chi connectivity index (χ3n) is 7.29. The zero-order valence-electron chi connectivity index (χ0n) is 29.0. The van der Waals surface area contributed by atoms with E-state index in [0.29, 0.717) is 55.7 Å². The first-order chi connectivity index (χ1) is 24.9. The lowest BCUT2D eigenvalue weighted by atomic mass is 10.00. The summed E-state index contributed by atoms with van der Waals surface area (Å²) in [4.78, 5) is 49.1. The number of rotatable bonds is 13. The van der Waals surface area contributed by atoms with E-state index in [-0.39, 0.29) is 35.3 Å². The molecule has 0 aromatic heterocycles. The van der Waals surface area contributed by atoms with Crippen LogP contribution in [0.4, 0.5) is 22.7 Å². The second kappa shape index (κ2) is 19.7. The lowest BCUT2D eigenvalue weighted by Gasteiger charge is -2.13. The minimum atomic E-state index is -0.387. The number of thiocarbonyl (C=S) groups is 2. The highest BCUT2D eigenvalue weighted by Gasteiger charge is 2.13. The number of aryl methyl sites for hydroxylation is 2. The highest BCUT2D eigenvalue weighted by molar-refractivity contribution is 8.24. The summed E-state index contributed by atoms with van der Waals surface area (Å²) in [5.41, 5.74) is 7.41. The maximum absolute atomic E-state index is 12.7. The molecule has 4 aromatic carbocycles. The van der Waals surface area contributed by atoms with Gasteiger partial charge in [0.25, 0.3) is 0 Å². The van der Waals surface area contributed by atoms with E-state index in [9.17, 15) is 19.2 Å². The van der Waals surface area contributed by atoms with Crippen molar-refractivity contribution in [1.29, 1.82) is 0 Å². The van der Waals surface area contributed by atoms with Crippen LogP contribution in [0.3, 0.4) is 0 Å². The van der Waals surface area contributed by atoms with E-state index in [1.54, 1.807) is 62.4 Å². The molecule has 0 saturated heterocycles. The number of carbonyl (C=O) groups excluding carboxylic acids is 4. The standard InChI is InChI=1S/C38H38N4O6S4/c1-5-47-35(45)25-7-13-29(14-8-25)39-37(49)51-21-33(43)41-31-17-11-27(19-23(31)3)28-12-18-32(24(4)20-28)42-34(44)22-52-38(50)40-30-15-9-26(10-16-30)36(46)48-6-2/h7-20H,5-6,21-22H2,1-4H3,(H,39,49)(H,40,50)(H,41,43)(H,42,44). The molecule has 52 heavy (non-hydrogen) atoms. The largest absolute Gasteiger partial charge is 0.462 e. The number of amides is 2. The molecule has 14 heteroatoms. The Morgan fingerprint density at radius 1 is 0.558 bits per heavy atom. The Morgan fingerprint density at radius 2 is 0.923 bits per heavy atom. The molecule has 0 aliphatic heterocycles. The molecule has 4 N–H and O–H groups in total. The van der Waals surface area contributed by atoms with E-state index in [4.69, 9.17) is 33.9 Å². The summed E-state index contributed by atoms with van der Waals surface area (Å²) in [5.74, 6) is -0.930. The van der Waals surface area contributed by atoms with Gasteiger partial charge >= 0.3 is 11.9 Å².